The molecule has 1 aliphatic carbocycles. The van der Waals surface area contributed by atoms with Gasteiger partial charge in [-0.3, -0.25) is 4.79 Å². The Labute approximate surface area is 167 Å². The summed E-state index contributed by atoms with van der Waals surface area (Å²) in [7, 11) is 0. The SMILES string of the molecule is CC(=O)NC1CCC(Nc2ncc3c(-c4ccn5nccc5n4)c[nH]c3n2)CC1. The Balaban J connectivity index is 1.32. The Morgan fingerprint density at radius 2 is 2.00 bits per heavy atom. The summed E-state index contributed by atoms with van der Waals surface area (Å²) in [6.45, 7) is 1.57. The second-order valence-corrected chi connectivity index (χ2v) is 7.50. The zero-order chi connectivity index (χ0) is 19.8. The van der Waals surface area contributed by atoms with Crippen LogP contribution in [0.25, 0.3) is 27.9 Å². The Kier molecular flexibility index (Phi) is 4.34. The van der Waals surface area contributed by atoms with Crippen LogP contribution in [0.1, 0.15) is 32.6 Å². The van der Waals surface area contributed by atoms with Gasteiger partial charge in [0.1, 0.15) is 5.65 Å². The lowest BCUT2D eigenvalue weighted by molar-refractivity contribution is -0.119. The largest absolute Gasteiger partial charge is 0.354 e. The van der Waals surface area contributed by atoms with Gasteiger partial charge in [0, 0.05) is 54.6 Å². The van der Waals surface area contributed by atoms with E-state index in [9.17, 15) is 4.79 Å². The number of hydrogen-bond acceptors (Lipinski definition) is 6. The predicted molar refractivity (Wildman–Crippen MR) is 109 cm³/mol. The van der Waals surface area contributed by atoms with Gasteiger partial charge in [-0.05, 0) is 31.7 Å². The van der Waals surface area contributed by atoms with Gasteiger partial charge in [-0.1, -0.05) is 0 Å². The first-order chi connectivity index (χ1) is 14.2. The summed E-state index contributed by atoms with van der Waals surface area (Å²) in [5.74, 6) is 0.660. The molecular weight excluding hydrogens is 368 g/mol. The molecule has 0 aromatic carbocycles. The normalized spacial score (nSPS) is 19.5. The quantitative estimate of drug-likeness (QED) is 0.494. The van der Waals surface area contributed by atoms with Crippen molar-refractivity contribution in [3.05, 3.63) is 36.9 Å². The first kappa shape index (κ1) is 17.6. The highest BCUT2D eigenvalue weighted by Gasteiger charge is 2.22. The van der Waals surface area contributed by atoms with Gasteiger partial charge in [-0.25, -0.2) is 14.5 Å². The standard InChI is InChI=1S/C20H22N8O/c1-12(29)24-13-2-4-14(5-3-13)25-20-22-11-16-15(10-21-19(16)27-20)17-7-9-28-18(26-17)6-8-23-28/h6-11,13-14H,2-5H2,1H3,(H,24,29)(H2,21,22,25,27). The third-order valence-corrected chi connectivity index (χ3v) is 5.43. The van der Waals surface area contributed by atoms with Gasteiger partial charge in [-0.15, -0.1) is 0 Å². The summed E-state index contributed by atoms with van der Waals surface area (Å²) in [5.41, 5.74) is 3.39. The Morgan fingerprint density at radius 1 is 1.17 bits per heavy atom. The Bertz CT molecular complexity index is 1170. The van der Waals surface area contributed by atoms with Gasteiger partial charge < -0.3 is 15.6 Å². The van der Waals surface area contributed by atoms with Crippen molar-refractivity contribution >= 4 is 28.5 Å². The molecule has 0 aliphatic heterocycles. The summed E-state index contributed by atoms with van der Waals surface area (Å²) in [6, 6.07) is 4.40. The smallest absolute Gasteiger partial charge is 0.224 e. The van der Waals surface area contributed by atoms with E-state index in [4.69, 9.17) is 0 Å². The number of H-pyrrole nitrogens is 1. The zero-order valence-electron chi connectivity index (χ0n) is 16.1. The Hall–Kier alpha value is -3.49. The number of carbonyl (C=O) groups is 1. The van der Waals surface area contributed by atoms with Crippen molar-refractivity contribution in [2.45, 2.75) is 44.7 Å². The fourth-order valence-electron chi connectivity index (χ4n) is 4.00. The van der Waals surface area contributed by atoms with Crippen LogP contribution in [-0.4, -0.2) is 47.5 Å². The number of aromatic nitrogens is 6. The summed E-state index contributed by atoms with van der Waals surface area (Å²) in [6.07, 6.45) is 11.3. The van der Waals surface area contributed by atoms with Gasteiger partial charge in [-0.2, -0.15) is 10.1 Å². The van der Waals surface area contributed by atoms with Crippen LogP contribution in [0.4, 0.5) is 5.95 Å². The van der Waals surface area contributed by atoms with Crippen molar-refractivity contribution in [3.63, 3.8) is 0 Å². The molecule has 1 aliphatic rings. The van der Waals surface area contributed by atoms with Gasteiger partial charge in [0.25, 0.3) is 0 Å². The number of anilines is 1. The lowest BCUT2D eigenvalue weighted by Crippen LogP contribution is -2.39. The van der Waals surface area contributed by atoms with E-state index in [1.807, 2.05) is 30.7 Å². The molecule has 1 saturated carbocycles. The Morgan fingerprint density at radius 3 is 2.83 bits per heavy atom. The molecule has 5 rings (SSSR count). The average molecular weight is 390 g/mol. The third kappa shape index (κ3) is 3.51. The van der Waals surface area contributed by atoms with Crippen LogP contribution < -0.4 is 10.6 Å². The van der Waals surface area contributed by atoms with Gasteiger partial charge >= 0.3 is 0 Å². The molecule has 9 nitrogen and oxygen atoms in total. The van der Waals surface area contributed by atoms with Crippen LogP contribution in [0.5, 0.6) is 0 Å². The summed E-state index contributed by atoms with van der Waals surface area (Å²) >= 11 is 0. The van der Waals surface area contributed by atoms with Crippen LogP contribution in [-0.2, 0) is 4.79 Å². The number of fused-ring (bicyclic) bond motifs is 2. The number of hydrogen-bond donors (Lipinski definition) is 3. The van der Waals surface area contributed by atoms with Crippen molar-refractivity contribution in [3.8, 4) is 11.3 Å². The average Bonchev–Trinajstić information content (AvgIpc) is 3.35. The maximum absolute atomic E-state index is 11.2. The van der Waals surface area contributed by atoms with E-state index in [0.717, 1.165) is 53.6 Å². The minimum atomic E-state index is 0.0413. The second kappa shape index (κ2) is 7.16. The topological polar surface area (TPSA) is 113 Å². The lowest BCUT2D eigenvalue weighted by Gasteiger charge is -2.29. The molecule has 4 aromatic heterocycles. The lowest BCUT2D eigenvalue weighted by atomic mass is 9.91. The number of aromatic amines is 1. The van der Waals surface area contributed by atoms with Crippen molar-refractivity contribution in [1.82, 2.24) is 34.9 Å². The van der Waals surface area contributed by atoms with Gasteiger partial charge in [0.2, 0.25) is 11.9 Å². The number of nitrogens with one attached hydrogen (secondary N) is 3. The molecule has 0 spiro atoms. The van der Waals surface area contributed by atoms with E-state index < -0.39 is 0 Å². The first-order valence-corrected chi connectivity index (χ1v) is 9.84. The predicted octanol–water partition coefficient (Wildman–Crippen LogP) is 2.53. The molecule has 3 N–H and O–H groups in total. The maximum Gasteiger partial charge on any atom is 0.224 e. The van der Waals surface area contributed by atoms with Crippen LogP contribution in [0.3, 0.4) is 0 Å². The first-order valence-electron chi connectivity index (χ1n) is 9.84. The van der Waals surface area contributed by atoms with Crippen molar-refractivity contribution in [2.24, 2.45) is 0 Å². The molecule has 1 amide bonds. The number of rotatable bonds is 4. The van der Waals surface area contributed by atoms with Crippen molar-refractivity contribution in [1.29, 1.82) is 0 Å². The molecule has 9 heteroatoms. The van der Waals surface area contributed by atoms with Crippen LogP contribution in [0, 0.1) is 0 Å². The number of amides is 1. The van der Waals surface area contributed by atoms with Gasteiger partial charge in [0.15, 0.2) is 5.65 Å². The summed E-state index contributed by atoms with van der Waals surface area (Å²) in [5, 5.41) is 11.6. The molecule has 4 heterocycles. The van der Waals surface area contributed by atoms with Crippen molar-refractivity contribution < 1.29 is 4.79 Å². The molecule has 4 aromatic rings. The molecule has 0 radical (unpaired) electrons. The number of carbonyl (C=O) groups excluding carboxylic acids is 1. The highest BCUT2D eigenvalue weighted by Crippen LogP contribution is 2.27. The van der Waals surface area contributed by atoms with E-state index in [1.165, 1.54) is 0 Å². The fourth-order valence-corrected chi connectivity index (χ4v) is 4.00. The summed E-state index contributed by atoms with van der Waals surface area (Å²) in [4.78, 5) is 28.3. The van der Waals surface area contributed by atoms with E-state index in [2.05, 4.69) is 35.7 Å². The van der Waals surface area contributed by atoms with Crippen LogP contribution >= 0.6 is 0 Å². The van der Waals surface area contributed by atoms with Gasteiger partial charge in [0.05, 0.1) is 11.9 Å². The highest BCUT2D eigenvalue weighted by molar-refractivity contribution is 5.92. The molecular formula is C20H22N8O. The second-order valence-electron chi connectivity index (χ2n) is 7.50. The molecule has 0 saturated heterocycles. The molecule has 148 valence electrons. The minimum absolute atomic E-state index is 0.0413. The van der Waals surface area contributed by atoms with E-state index in [0.29, 0.717) is 12.0 Å². The molecule has 29 heavy (non-hydrogen) atoms. The van der Waals surface area contributed by atoms with E-state index in [-0.39, 0.29) is 11.9 Å². The van der Waals surface area contributed by atoms with Crippen LogP contribution in [0.2, 0.25) is 0 Å². The van der Waals surface area contributed by atoms with Crippen molar-refractivity contribution in [2.75, 3.05) is 5.32 Å². The summed E-state index contributed by atoms with van der Waals surface area (Å²) < 4.78 is 1.73. The highest BCUT2D eigenvalue weighted by atomic mass is 16.1. The molecule has 1 fully saturated rings. The monoisotopic (exact) mass is 390 g/mol. The van der Waals surface area contributed by atoms with E-state index in [1.54, 1.807) is 17.6 Å². The third-order valence-electron chi connectivity index (χ3n) is 5.43. The van der Waals surface area contributed by atoms with Crippen LogP contribution in [0.15, 0.2) is 36.9 Å². The molecule has 0 unspecified atom stereocenters. The van der Waals surface area contributed by atoms with E-state index >= 15 is 0 Å². The molecule has 0 atom stereocenters. The fraction of sp³-hybridized carbons (Fsp3) is 0.350. The maximum atomic E-state index is 11.2. The molecule has 0 bridgehead atoms. The number of nitrogens with zero attached hydrogens (tertiary/aromatic N) is 5. The zero-order valence-corrected chi connectivity index (χ0v) is 16.1. The minimum Gasteiger partial charge on any atom is -0.354 e.